The minimum absolute atomic E-state index is 0.207. The van der Waals surface area contributed by atoms with E-state index < -0.39 is 0 Å². The highest BCUT2D eigenvalue weighted by Crippen LogP contribution is 2.26. The van der Waals surface area contributed by atoms with Gasteiger partial charge in [-0.15, -0.1) is 0 Å². The largest absolute Gasteiger partial charge is 0.495 e. The van der Waals surface area contributed by atoms with Crippen LogP contribution in [0, 0.1) is 0 Å². The number of aromatic nitrogens is 1. The smallest absolute Gasteiger partial charge is 0.253 e. The quantitative estimate of drug-likeness (QED) is 0.677. The number of hydrogen-bond donors (Lipinski definition) is 2. The number of hydrogen-bond acceptors (Lipinski definition) is 4. The molecule has 0 saturated heterocycles. The van der Waals surface area contributed by atoms with Crippen molar-refractivity contribution in [3.8, 4) is 5.75 Å². The molecule has 0 aliphatic heterocycles. The summed E-state index contributed by atoms with van der Waals surface area (Å²) in [6.07, 6.45) is 1.53. The number of pyridine rings is 1. The Labute approximate surface area is 157 Å². The van der Waals surface area contributed by atoms with Crippen LogP contribution >= 0.6 is 11.6 Å². The fourth-order valence-corrected chi connectivity index (χ4v) is 2.61. The van der Waals surface area contributed by atoms with Crippen molar-refractivity contribution in [1.29, 1.82) is 0 Å². The molecule has 0 fully saturated rings. The molecule has 0 bridgehead atoms. The van der Waals surface area contributed by atoms with Gasteiger partial charge in [-0.2, -0.15) is 0 Å². The summed E-state index contributed by atoms with van der Waals surface area (Å²) in [5.41, 5.74) is 2.14. The van der Waals surface area contributed by atoms with Gasteiger partial charge in [-0.05, 0) is 35.9 Å². The molecule has 0 spiro atoms. The van der Waals surface area contributed by atoms with E-state index in [0.29, 0.717) is 22.9 Å². The van der Waals surface area contributed by atoms with E-state index in [1.165, 1.54) is 6.20 Å². The van der Waals surface area contributed by atoms with Gasteiger partial charge < -0.3 is 15.4 Å². The van der Waals surface area contributed by atoms with Crippen LogP contribution in [0.4, 0.5) is 11.5 Å². The highest BCUT2D eigenvalue weighted by molar-refractivity contribution is 6.31. The van der Waals surface area contributed by atoms with Gasteiger partial charge in [0.05, 0.1) is 18.4 Å². The van der Waals surface area contributed by atoms with Gasteiger partial charge >= 0.3 is 0 Å². The molecule has 0 aliphatic rings. The second kappa shape index (κ2) is 8.36. The number of methoxy groups -OCH3 is 1. The Morgan fingerprint density at radius 2 is 1.85 bits per heavy atom. The van der Waals surface area contributed by atoms with Gasteiger partial charge in [-0.1, -0.05) is 41.9 Å². The zero-order valence-electron chi connectivity index (χ0n) is 14.2. The van der Waals surface area contributed by atoms with Crippen molar-refractivity contribution >= 4 is 29.0 Å². The average molecular weight is 368 g/mol. The first kappa shape index (κ1) is 17.8. The van der Waals surface area contributed by atoms with E-state index >= 15 is 0 Å². The van der Waals surface area contributed by atoms with Crippen molar-refractivity contribution in [2.24, 2.45) is 0 Å². The predicted molar refractivity (Wildman–Crippen MR) is 103 cm³/mol. The number of para-hydroxylation sites is 2. The zero-order valence-corrected chi connectivity index (χ0v) is 15.0. The molecular formula is C20H18ClN3O2. The third kappa shape index (κ3) is 4.32. The number of rotatable bonds is 6. The van der Waals surface area contributed by atoms with Crippen molar-refractivity contribution in [2.75, 3.05) is 12.4 Å². The molecule has 6 heteroatoms. The topological polar surface area (TPSA) is 63.2 Å². The van der Waals surface area contributed by atoms with Gasteiger partial charge in [0.25, 0.3) is 5.91 Å². The molecule has 0 radical (unpaired) electrons. The first-order chi connectivity index (χ1) is 12.7. The van der Waals surface area contributed by atoms with E-state index in [0.717, 1.165) is 17.0 Å². The van der Waals surface area contributed by atoms with Crippen LogP contribution in [0.5, 0.6) is 5.75 Å². The van der Waals surface area contributed by atoms with Crippen LogP contribution in [0.3, 0.4) is 0 Å². The van der Waals surface area contributed by atoms with Crippen molar-refractivity contribution in [3.63, 3.8) is 0 Å². The van der Waals surface area contributed by atoms with Crippen LogP contribution in [-0.4, -0.2) is 18.0 Å². The summed E-state index contributed by atoms with van der Waals surface area (Å²) in [6.45, 7) is 0.361. The van der Waals surface area contributed by atoms with Gasteiger partial charge in [-0.3, -0.25) is 4.79 Å². The Kier molecular flexibility index (Phi) is 5.71. The lowest BCUT2D eigenvalue weighted by Crippen LogP contribution is -2.23. The van der Waals surface area contributed by atoms with E-state index in [2.05, 4.69) is 15.6 Å². The van der Waals surface area contributed by atoms with Crippen LogP contribution in [0.2, 0.25) is 5.02 Å². The molecule has 3 rings (SSSR count). The number of ether oxygens (including phenoxy) is 1. The lowest BCUT2D eigenvalue weighted by molar-refractivity contribution is 0.0950. The third-order valence-electron chi connectivity index (χ3n) is 3.79. The standard InChI is InChI=1S/C20H18ClN3O2/c1-26-18-9-5-4-8-17(18)24-19-11-10-15(13-22-19)20(25)23-12-14-6-2-3-7-16(14)21/h2-11,13H,12H2,1H3,(H,22,24)(H,23,25). The van der Waals surface area contributed by atoms with Crippen LogP contribution < -0.4 is 15.4 Å². The Bertz CT molecular complexity index is 898. The number of halogens is 1. The van der Waals surface area contributed by atoms with Crippen molar-refractivity contribution < 1.29 is 9.53 Å². The van der Waals surface area contributed by atoms with E-state index in [9.17, 15) is 4.79 Å². The molecule has 2 aromatic carbocycles. The summed E-state index contributed by atoms with van der Waals surface area (Å²) in [7, 11) is 1.61. The fourth-order valence-electron chi connectivity index (χ4n) is 2.41. The number of benzene rings is 2. The molecule has 1 aromatic heterocycles. The predicted octanol–water partition coefficient (Wildman–Crippen LogP) is 4.42. The molecule has 0 atom stereocenters. The Hall–Kier alpha value is -3.05. The number of nitrogens with one attached hydrogen (secondary N) is 2. The summed E-state index contributed by atoms with van der Waals surface area (Å²) in [5.74, 6) is 1.13. The molecule has 1 amide bonds. The second-order valence-corrected chi connectivity index (χ2v) is 5.94. The number of carbonyl (C=O) groups excluding carboxylic acids is 1. The van der Waals surface area contributed by atoms with E-state index in [4.69, 9.17) is 16.3 Å². The summed E-state index contributed by atoms with van der Waals surface area (Å²) in [6, 6.07) is 18.4. The molecule has 1 heterocycles. The van der Waals surface area contributed by atoms with Crippen LogP contribution in [-0.2, 0) is 6.54 Å². The van der Waals surface area contributed by atoms with Crippen molar-refractivity contribution in [2.45, 2.75) is 6.54 Å². The van der Waals surface area contributed by atoms with Crippen molar-refractivity contribution in [1.82, 2.24) is 10.3 Å². The third-order valence-corrected chi connectivity index (χ3v) is 4.16. The lowest BCUT2D eigenvalue weighted by atomic mass is 10.2. The monoisotopic (exact) mass is 367 g/mol. The Morgan fingerprint density at radius 1 is 1.08 bits per heavy atom. The van der Waals surface area contributed by atoms with E-state index in [1.54, 1.807) is 25.3 Å². The van der Waals surface area contributed by atoms with Gasteiger partial charge in [0.1, 0.15) is 11.6 Å². The van der Waals surface area contributed by atoms with E-state index in [-0.39, 0.29) is 5.91 Å². The molecule has 0 unspecified atom stereocenters. The summed E-state index contributed by atoms with van der Waals surface area (Å²) >= 11 is 6.09. The highest BCUT2D eigenvalue weighted by Gasteiger charge is 2.08. The van der Waals surface area contributed by atoms with Gasteiger partial charge in [-0.25, -0.2) is 4.98 Å². The Morgan fingerprint density at radius 3 is 2.58 bits per heavy atom. The number of anilines is 2. The minimum atomic E-state index is -0.207. The van der Waals surface area contributed by atoms with Crippen molar-refractivity contribution in [3.05, 3.63) is 83.0 Å². The second-order valence-electron chi connectivity index (χ2n) is 5.53. The van der Waals surface area contributed by atoms with Gasteiger partial charge in [0.2, 0.25) is 0 Å². The first-order valence-electron chi connectivity index (χ1n) is 8.05. The van der Waals surface area contributed by atoms with Gasteiger partial charge in [0, 0.05) is 17.8 Å². The molecule has 0 saturated carbocycles. The molecule has 132 valence electrons. The number of amides is 1. The first-order valence-corrected chi connectivity index (χ1v) is 8.43. The number of carbonyl (C=O) groups is 1. The zero-order chi connectivity index (χ0) is 18.4. The molecular weight excluding hydrogens is 350 g/mol. The maximum atomic E-state index is 12.3. The molecule has 3 aromatic rings. The van der Waals surface area contributed by atoms with Gasteiger partial charge in [0.15, 0.2) is 0 Å². The number of nitrogens with zero attached hydrogens (tertiary/aromatic N) is 1. The normalized spacial score (nSPS) is 10.2. The van der Waals surface area contributed by atoms with E-state index in [1.807, 2.05) is 42.5 Å². The molecule has 2 N–H and O–H groups in total. The SMILES string of the molecule is COc1ccccc1Nc1ccc(C(=O)NCc2ccccc2Cl)cn1. The maximum absolute atomic E-state index is 12.3. The summed E-state index contributed by atoms with van der Waals surface area (Å²) < 4.78 is 5.30. The Balaban J connectivity index is 1.63. The van der Waals surface area contributed by atoms with Crippen LogP contribution in [0.25, 0.3) is 0 Å². The molecule has 5 nitrogen and oxygen atoms in total. The summed E-state index contributed by atoms with van der Waals surface area (Å²) in [4.78, 5) is 16.6. The maximum Gasteiger partial charge on any atom is 0.253 e. The molecule has 0 aliphatic carbocycles. The fraction of sp³-hybridized carbons (Fsp3) is 0.100. The lowest BCUT2D eigenvalue weighted by Gasteiger charge is -2.11. The highest BCUT2D eigenvalue weighted by atomic mass is 35.5. The van der Waals surface area contributed by atoms with Crippen LogP contribution in [0.15, 0.2) is 66.9 Å². The minimum Gasteiger partial charge on any atom is -0.495 e. The molecule has 26 heavy (non-hydrogen) atoms. The van der Waals surface area contributed by atoms with Crippen LogP contribution in [0.1, 0.15) is 15.9 Å². The average Bonchev–Trinajstić information content (AvgIpc) is 2.68. The summed E-state index contributed by atoms with van der Waals surface area (Å²) in [5, 5.41) is 6.64.